The molecule has 1 saturated heterocycles. The zero-order valence-electron chi connectivity index (χ0n) is 27.5. The Balaban J connectivity index is 1.34. The van der Waals surface area contributed by atoms with Crippen LogP contribution in [0.5, 0.6) is 0 Å². The fraction of sp³-hybridized carbons (Fsp3) is 0.571. The Kier molecular flexibility index (Phi) is 11.3. The van der Waals surface area contributed by atoms with E-state index in [4.69, 9.17) is 4.98 Å². The molecule has 10 nitrogen and oxygen atoms in total. The molecular weight excluding hydrogens is 566 g/mol. The van der Waals surface area contributed by atoms with Crippen molar-refractivity contribution in [2.24, 2.45) is 5.92 Å². The maximum atomic E-state index is 13.6. The lowest BCUT2D eigenvalue weighted by Crippen LogP contribution is -2.30. The summed E-state index contributed by atoms with van der Waals surface area (Å²) in [4.78, 5) is 39.8. The summed E-state index contributed by atoms with van der Waals surface area (Å²) >= 11 is 0. The predicted octanol–water partition coefficient (Wildman–Crippen LogP) is 4.63. The fourth-order valence-electron chi connectivity index (χ4n) is 6.64. The Labute approximate surface area is 268 Å². The number of hydrogen-bond acceptors (Lipinski definition) is 7. The van der Waals surface area contributed by atoms with Gasteiger partial charge in [0, 0.05) is 64.0 Å². The number of hydrogen-bond donors (Lipinski definition) is 2. The van der Waals surface area contributed by atoms with E-state index in [1.807, 2.05) is 43.4 Å². The molecule has 45 heavy (non-hydrogen) atoms. The van der Waals surface area contributed by atoms with Crippen LogP contribution in [0.1, 0.15) is 67.3 Å². The van der Waals surface area contributed by atoms with Gasteiger partial charge in [-0.2, -0.15) is 0 Å². The minimum absolute atomic E-state index is 0.130. The highest BCUT2D eigenvalue weighted by Gasteiger charge is 2.24. The Morgan fingerprint density at radius 2 is 1.78 bits per heavy atom. The molecule has 2 aromatic carbocycles. The summed E-state index contributed by atoms with van der Waals surface area (Å²) in [6.45, 7) is 4.98. The van der Waals surface area contributed by atoms with Crippen LogP contribution in [-0.2, 0) is 17.9 Å². The molecule has 3 aromatic rings. The second-order valence-electron chi connectivity index (χ2n) is 13.3. The largest absolute Gasteiger partial charge is 0.378 e. The van der Waals surface area contributed by atoms with Crippen molar-refractivity contribution < 1.29 is 14.7 Å². The summed E-state index contributed by atoms with van der Waals surface area (Å²) in [5.41, 5.74) is 4.12. The molecule has 2 aliphatic rings. The predicted molar refractivity (Wildman–Crippen MR) is 180 cm³/mol. The summed E-state index contributed by atoms with van der Waals surface area (Å²) in [6.07, 6.45) is 7.54. The number of carbonyl (C=O) groups excluding carboxylic acids is 2. The summed E-state index contributed by atoms with van der Waals surface area (Å²) in [6, 6.07) is 13.7. The average Bonchev–Trinajstić information content (AvgIpc) is 3.76. The zero-order chi connectivity index (χ0) is 31.9. The van der Waals surface area contributed by atoms with Gasteiger partial charge in [0.1, 0.15) is 6.23 Å². The van der Waals surface area contributed by atoms with Crippen LogP contribution in [0.3, 0.4) is 0 Å². The van der Waals surface area contributed by atoms with E-state index in [0.717, 1.165) is 87.1 Å². The van der Waals surface area contributed by atoms with Gasteiger partial charge in [-0.05, 0) is 95.1 Å². The van der Waals surface area contributed by atoms with Crippen molar-refractivity contribution >= 4 is 34.5 Å². The van der Waals surface area contributed by atoms with Crippen LogP contribution in [-0.4, -0.2) is 102 Å². The second-order valence-corrected chi connectivity index (χ2v) is 13.3. The normalized spacial score (nSPS) is 17.6. The van der Waals surface area contributed by atoms with E-state index in [1.54, 1.807) is 4.90 Å². The number of aromatic nitrogens is 2. The number of aliphatic hydroxyl groups is 1. The highest BCUT2D eigenvalue weighted by atomic mass is 16.3. The van der Waals surface area contributed by atoms with E-state index in [9.17, 15) is 14.7 Å². The number of aliphatic hydroxyl groups excluding tert-OH is 1. The molecular formula is C35H51N7O3. The number of carbonyl (C=O) groups is 2. The van der Waals surface area contributed by atoms with Crippen LogP contribution in [0.2, 0.25) is 0 Å². The lowest BCUT2D eigenvalue weighted by Gasteiger charge is -2.20. The zero-order valence-corrected chi connectivity index (χ0v) is 27.5. The number of imidazole rings is 1. The first-order valence-electron chi connectivity index (χ1n) is 16.6. The first-order chi connectivity index (χ1) is 21.7. The minimum Gasteiger partial charge on any atom is -0.378 e. The topological polar surface area (TPSA) is 97.2 Å². The fourth-order valence-corrected chi connectivity index (χ4v) is 6.64. The van der Waals surface area contributed by atoms with Crippen LogP contribution in [0, 0.1) is 5.92 Å². The van der Waals surface area contributed by atoms with Crippen molar-refractivity contribution in [3.63, 3.8) is 0 Å². The highest BCUT2D eigenvalue weighted by Crippen LogP contribution is 2.30. The number of fused-ring (bicyclic) bond motifs is 1. The molecule has 10 heteroatoms. The second kappa shape index (κ2) is 15.3. The van der Waals surface area contributed by atoms with Gasteiger partial charge in [-0.3, -0.25) is 19.8 Å². The monoisotopic (exact) mass is 617 g/mol. The molecule has 1 aliphatic carbocycles. The molecule has 244 valence electrons. The summed E-state index contributed by atoms with van der Waals surface area (Å²) in [5, 5.41) is 13.4. The summed E-state index contributed by atoms with van der Waals surface area (Å²) in [5.74, 6) is 0.896. The van der Waals surface area contributed by atoms with Gasteiger partial charge in [0.2, 0.25) is 11.9 Å². The van der Waals surface area contributed by atoms with Crippen LogP contribution in [0.15, 0.2) is 42.5 Å². The summed E-state index contributed by atoms with van der Waals surface area (Å²) in [7, 11) is 8.06. The third-order valence-corrected chi connectivity index (χ3v) is 9.38. The molecule has 1 aromatic heterocycles. The van der Waals surface area contributed by atoms with E-state index in [0.29, 0.717) is 30.4 Å². The van der Waals surface area contributed by atoms with Crippen molar-refractivity contribution in [2.45, 2.75) is 70.7 Å². The first-order valence-corrected chi connectivity index (χ1v) is 16.6. The van der Waals surface area contributed by atoms with Crippen molar-refractivity contribution in [3.8, 4) is 0 Å². The van der Waals surface area contributed by atoms with Crippen molar-refractivity contribution in [3.05, 3.63) is 53.6 Å². The number of aryl methyl sites for hydroxylation is 1. The van der Waals surface area contributed by atoms with Gasteiger partial charge in [-0.15, -0.1) is 0 Å². The number of rotatable bonds is 14. The molecule has 0 bridgehead atoms. The SMILES string of the molecule is CN(C)CCN(C)Cc1cccc(C(=O)Nc2nc3cc(N(C)C(=O)CC4CCCC4)ccc3n2CCCN2CCCC2O)c1. The number of nitrogens with zero attached hydrogens (tertiary/aromatic N) is 6. The van der Waals surface area contributed by atoms with Crippen molar-refractivity contribution in [1.29, 1.82) is 0 Å². The Morgan fingerprint density at radius 3 is 2.51 bits per heavy atom. The van der Waals surface area contributed by atoms with Crippen molar-refractivity contribution in [1.82, 2.24) is 24.3 Å². The average molecular weight is 618 g/mol. The van der Waals surface area contributed by atoms with Gasteiger partial charge in [0.05, 0.1) is 11.0 Å². The van der Waals surface area contributed by atoms with Gasteiger partial charge in [-0.1, -0.05) is 25.0 Å². The van der Waals surface area contributed by atoms with Gasteiger partial charge in [-0.25, -0.2) is 4.98 Å². The minimum atomic E-state index is -0.377. The Bertz CT molecular complexity index is 1450. The number of anilines is 2. The summed E-state index contributed by atoms with van der Waals surface area (Å²) < 4.78 is 2.05. The van der Waals surface area contributed by atoms with Gasteiger partial charge >= 0.3 is 0 Å². The van der Waals surface area contributed by atoms with Crippen LogP contribution >= 0.6 is 0 Å². The van der Waals surface area contributed by atoms with Gasteiger partial charge < -0.3 is 24.4 Å². The maximum absolute atomic E-state index is 13.6. The van der Waals surface area contributed by atoms with Gasteiger partial charge in [0.15, 0.2) is 0 Å². The Morgan fingerprint density at radius 1 is 0.978 bits per heavy atom. The van der Waals surface area contributed by atoms with E-state index < -0.39 is 0 Å². The van der Waals surface area contributed by atoms with Crippen LogP contribution in [0.25, 0.3) is 11.0 Å². The lowest BCUT2D eigenvalue weighted by atomic mass is 10.0. The third kappa shape index (κ3) is 8.70. The number of likely N-dealkylation sites (N-methyl/N-ethyl adjacent to an activating group) is 2. The van der Waals surface area contributed by atoms with E-state index in [-0.39, 0.29) is 18.0 Å². The lowest BCUT2D eigenvalue weighted by molar-refractivity contribution is -0.119. The number of nitrogens with one attached hydrogen (secondary N) is 1. The molecule has 2 N–H and O–H groups in total. The van der Waals surface area contributed by atoms with Crippen LogP contribution < -0.4 is 10.2 Å². The number of benzene rings is 2. The van der Waals surface area contributed by atoms with E-state index >= 15 is 0 Å². The standard InChI is InChI=1S/C35H51N7O3/c1-38(2)20-21-39(3)25-27-12-7-13-28(22-27)34(45)37-35-36-30-24-29(40(4)33(44)23-26-10-5-6-11-26)15-16-31(30)42(35)19-9-18-41-17-8-14-32(41)43/h7,12-13,15-16,22,24,26,32,43H,5-6,8-11,14,17-21,23,25H2,1-4H3,(H,36,37,45). The smallest absolute Gasteiger partial charge is 0.257 e. The molecule has 1 aliphatic heterocycles. The quantitative estimate of drug-likeness (QED) is 0.272. The first kappa shape index (κ1) is 33.1. The molecule has 0 spiro atoms. The molecule has 2 heterocycles. The Hall–Kier alpha value is -3.31. The van der Waals surface area contributed by atoms with E-state index in [1.165, 1.54) is 12.8 Å². The highest BCUT2D eigenvalue weighted by molar-refractivity contribution is 6.04. The third-order valence-electron chi connectivity index (χ3n) is 9.38. The molecule has 5 rings (SSSR count). The van der Waals surface area contributed by atoms with Crippen molar-refractivity contribution in [2.75, 3.05) is 64.6 Å². The molecule has 1 unspecified atom stereocenters. The molecule has 0 radical (unpaired) electrons. The van der Waals surface area contributed by atoms with Gasteiger partial charge in [0.25, 0.3) is 5.91 Å². The molecule has 1 atom stereocenters. The maximum Gasteiger partial charge on any atom is 0.257 e. The van der Waals surface area contributed by atoms with Crippen LogP contribution in [0.4, 0.5) is 11.6 Å². The number of likely N-dealkylation sites (tertiary alicyclic amines) is 1. The molecule has 2 amide bonds. The van der Waals surface area contributed by atoms with E-state index in [2.05, 4.69) is 51.8 Å². The number of amides is 2. The molecule has 2 fully saturated rings. The molecule has 1 saturated carbocycles.